The zero-order valence-corrected chi connectivity index (χ0v) is 12.1. The molecule has 1 aromatic rings. The second-order valence-electron chi connectivity index (χ2n) is 3.52. The third-order valence-corrected chi connectivity index (χ3v) is 2.87. The molecule has 0 aliphatic heterocycles. The van der Waals surface area contributed by atoms with Crippen LogP contribution in [0.25, 0.3) is 6.08 Å². The average molecular weight is 301 g/mol. The van der Waals surface area contributed by atoms with Crippen molar-refractivity contribution in [1.29, 1.82) is 0 Å². The van der Waals surface area contributed by atoms with Gasteiger partial charge in [-0.15, -0.1) is 0 Å². The molecule has 0 aliphatic rings. The van der Waals surface area contributed by atoms with Crippen molar-refractivity contribution >= 4 is 22.0 Å². The number of hydrogen-bond acceptors (Lipinski definition) is 3. The normalized spacial score (nSPS) is 12.8. The molecule has 3 nitrogen and oxygen atoms in total. The maximum Gasteiger partial charge on any atom is 0.130 e. The van der Waals surface area contributed by atoms with Crippen LogP contribution in [0.3, 0.4) is 0 Å². The summed E-state index contributed by atoms with van der Waals surface area (Å²) < 4.78 is 16.7. The summed E-state index contributed by atoms with van der Waals surface area (Å²) in [7, 11) is 4.95. The van der Waals surface area contributed by atoms with Crippen molar-refractivity contribution in [2.24, 2.45) is 0 Å². The molecular formula is C13H17BrO3. The van der Waals surface area contributed by atoms with E-state index in [1.165, 1.54) is 0 Å². The lowest BCUT2D eigenvalue weighted by Crippen LogP contribution is -1.99. The molecule has 0 N–H and O–H groups in total. The Morgan fingerprint density at radius 2 is 1.65 bits per heavy atom. The van der Waals surface area contributed by atoms with Crippen LogP contribution in [-0.4, -0.2) is 27.4 Å². The van der Waals surface area contributed by atoms with Crippen LogP contribution < -0.4 is 9.47 Å². The molecular weight excluding hydrogens is 284 g/mol. The van der Waals surface area contributed by atoms with E-state index in [4.69, 9.17) is 14.2 Å². The molecule has 4 heteroatoms. The Morgan fingerprint density at radius 3 is 2.06 bits per heavy atom. The Morgan fingerprint density at radius 1 is 1.12 bits per heavy atom. The number of rotatable bonds is 5. The van der Waals surface area contributed by atoms with Crippen LogP contribution in [-0.2, 0) is 4.74 Å². The zero-order valence-electron chi connectivity index (χ0n) is 10.5. The van der Waals surface area contributed by atoms with E-state index in [2.05, 4.69) is 15.9 Å². The predicted octanol–water partition coefficient (Wildman–Crippen LogP) is 3.51. The number of ether oxygens (including phenoxy) is 3. The Balaban J connectivity index is 3.15. The van der Waals surface area contributed by atoms with Gasteiger partial charge in [0.15, 0.2) is 0 Å². The van der Waals surface area contributed by atoms with Crippen molar-refractivity contribution in [1.82, 2.24) is 0 Å². The molecule has 0 radical (unpaired) electrons. The topological polar surface area (TPSA) is 27.7 Å². The van der Waals surface area contributed by atoms with Gasteiger partial charge in [-0.25, -0.2) is 0 Å². The van der Waals surface area contributed by atoms with Crippen molar-refractivity contribution in [2.45, 2.75) is 13.0 Å². The molecule has 0 spiro atoms. The minimum atomic E-state index is 0.0491. The van der Waals surface area contributed by atoms with E-state index in [-0.39, 0.29) is 6.10 Å². The first-order chi connectivity index (χ1) is 8.12. The molecule has 94 valence electrons. The molecule has 1 atom stereocenters. The Labute approximate surface area is 111 Å². The molecule has 0 aliphatic carbocycles. The summed E-state index contributed by atoms with van der Waals surface area (Å²) in [6, 6.07) is 3.80. The molecule has 0 aromatic heterocycles. The lowest BCUT2D eigenvalue weighted by atomic mass is 10.1. The smallest absolute Gasteiger partial charge is 0.130 e. The van der Waals surface area contributed by atoms with Gasteiger partial charge < -0.3 is 14.2 Å². The van der Waals surface area contributed by atoms with Gasteiger partial charge in [-0.1, -0.05) is 22.0 Å². The largest absolute Gasteiger partial charge is 0.496 e. The number of benzene rings is 1. The van der Waals surface area contributed by atoms with Gasteiger partial charge in [-0.3, -0.25) is 0 Å². The van der Waals surface area contributed by atoms with Gasteiger partial charge in [0.2, 0.25) is 0 Å². The van der Waals surface area contributed by atoms with Gasteiger partial charge in [-0.05, 0) is 25.1 Å². The minimum absolute atomic E-state index is 0.0491. The fourth-order valence-electron chi connectivity index (χ4n) is 1.38. The van der Waals surface area contributed by atoms with Gasteiger partial charge in [0.25, 0.3) is 0 Å². The fourth-order valence-corrected chi connectivity index (χ4v) is 1.80. The summed E-state index contributed by atoms with van der Waals surface area (Å²) in [5, 5.41) is 0. The lowest BCUT2D eigenvalue weighted by molar-refractivity contribution is 0.157. The van der Waals surface area contributed by atoms with E-state index in [1.54, 1.807) is 21.3 Å². The van der Waals surface area contributed by atoms with Crippen molar-refractivity contribution in [3.63, 3.8) is 0 Å². The predicted molar refractivity (Wildman–Crippen MR) is 72.8 cm³/mol. The van der Waals surface area contributed by atoms with Gasteiger partial charge in [0.1, 0.15) is 11.5 Å². The van der Waals surface area contributed by atoms with E-state index in [9.17, 15) is 0 Å². The Kier molecular flexibility index (Phi) is 5.51. The summed E-state index contributed by atoms with van der Waals surface area (Å²) in [5.41, 5.74) is 0.905. The SMILES string of the molecule is COc1cc(Br)cc(OC)c1/C=C/[C@H](C)OC. The fraction of sp³-hybridized carbons (Fsp3) is 0.385. The van der Waals surface area contributed by atoms with Gasteiger partial charge in [-0.2, -0.15) is 0 Å². The van der Waals surface area contributed by atoms with Crippen LogP contribution in [0.5, 0.6) is 11.5 Å². The van der Waals surface area contributed by atoms with Gasteiger partial charge in [0.05, 0.1) is 25.9 Å². The number of hydrogen-bond donors (Lipinski definition) is 0. The zero-order chi connectivity index (χ0) is 12.8. The Bertz CT molecular complexity index is 377. The van der Waals surface area contributed by atoms with Crippen LogP contribution in [0, 0.1) is 0 Å². The first kappa shape index (κ1) is 14.1. The molecule has 1 rings (SSSR count). The highest BCUT2D eigenvalue weighted by Gasteiger charge is 2.09. The highest BCUT2D eigenvalue weighted by molar-refractivity contribution is 9.10. The second-order valence-corrected chi connectivity index (χ2v) is 4.44. The molecule has 17 heavy (non-hydrogen) atoms. The molecule has 0 unspecified atom stereocenters. The number of methoxy groups -OCH3 is 3. The number of halogens is 1. The summed E-state index contributed by atoms with van der Waals surface area (Å²) in [4.78, 5) is 0. The van der Waals surface area contributed by atoms with Crippen LogP contribution in [0.1, 0.15) is 12.5 Å². The van der Waals surface area contributed by atoms with Crippen LogP contribution in [0.15, 0.2) is 22.7 Å². The highest BCUT2D eigenvalue weighted by Crippen LogP contribution is 2.34. The van der Waals surface area contributed by atoms with Crippen LogP contribution in [0.2, 0.25) is 0 Å². The summed E-state index contributed by atoms with van der Waals surface area (Å²) in [5.74, 6) is 1.52. The molecule has 0 bridgehead atoms. The minimum Gasteiger partial charge on any atom is -0.496 e. The molecule has 0 saturated carbocycles. The maximum absolute atomic E-state index is 5.33. The Hall–Kier alpha value is -1.00. The van der Waals surface area contributed by atoms with Gasteiger partial charge in [0, 0.05) is 11.6 Å². The lowest BCUT2D eigenvalue weighted by Gasteiger charge is -2.11. The summed E-state index contributed by atoms with van der Waals surface area (Å²) in [6.45, 7) is 1.97. The quantitative estimate of drug-likeness (QED) is 0.833. The van der Waals surface area contributed by atoms with Crippen molar-refractivity contribution in [3.8, 4) is 11.5 Å². The van der Waals surface area contributed by atoms with Crippen molar-refractivity contribution < 1.29 is 14.2 Å². The van der Waals surface area contributed by atoms with E-state index in [1.807, 2.05) is 31.2 Å². The van der Waals surface area contributed by atoms with Crippen molar-refractivity contribution in [3.05, 3.63) is 28.2 Å². The molecule has 0 fully saturated rings. The van der Waals surface area contributed by atoms with E-state index in [0.29, 0.717) is 0 Å². The standard InChI is InChI=1S/C13H17BrO3/c1-9(15-2)5-6-11-12(16-3)7-10(14)8-13(11)17-4/h5-9H,1-4H3/b6-5+/t9-/m0/s1. The maximum atomic E-state index is 5.33. The van der Waals surface area contributed by atoms with E-state index in [0.717, 1.165) is 21.5 Å². The summed E-state index contributed by atoms with van der Waals surface area (Å²) in [6.07, 6.45) is 3.94. The van der Waals surface area contributed by atoms with Gasteiger partial charge >= 0.3 is 0 Å². The third-order valence-electron chi connectivity index (χ3n) is 2.41. The van der Waals surface area contributed by atoms with Crippen LogP contribution in [0.4, 0.5) is 0 Å². The average Bonchev–Trinajstić information content (AvgIpc) is 2.35. The molecule has 0 saturated heterocycles. The van der Waals surface area contributed by atoms with Crippen molar-refractivity contribution in [2.75, 3.05) is 21.3 Å². The highest BCUT2D eigenvalue weighted by atomic mass is 79.9. The summed E-state index contributed by atoms with van der Waals surface area (Å²) >= 11 is 3.41. The van der Waals surface area contributed by atoms with E-state index >= 15 is 0 Å². The van der Waals surface area contributed by atoms with E-state index < -0.39 is 0 Å². The molecule has 0 amide bonds. The first-order valence-corrected chi connectivity index (χ1v) is 6.04. The van der Waals surface area contributed by atoms with Crippen LogP contribution >= 0.6 is 15.9 Å². The first-order valence-electron chi connectivity index (χ1n) is 5.25. The second kappa shape index (κ2) is 6.67. The molecule has 0 heterocycles. The third kappa shape index (κ3) is 3.75. The molecule has 1 aromatic carbocycles. The monoisotopic (exact) mass is 300 g/mol.